The number of carbonyl (C=O) groups is 1. The monoisotopic (exact) mass is 509 g/mol. The molecule has 0 saturated heterocycles. The van der Waals surface area contributed by atoms with Crippen LogP contribution >= 0.6 is 11.3 Å². The van der Waals surface area contributed by atoms with E-state index in [1.165, 1.54) is 12.1 Å². The first kappa shape index (κ1) is 24.7. The van der Waals surface area contributed by atoms with E-state index in [4.69, 9.17) is 0 Å². The average Bonchev–Trinajstić information content (AvgIpc) is 3.12. The van der Waals surface area contributed by atoms with Crippen LogP contribution in [0.1, 0.15) is 43.6 Å². The van der Waals surface area contributed by atoms with Gasteiger partial charge in [0, 0.05) is 17.8 Å². The van der Waals surface area contributed by atoms with Crippen molar-refractivity contribution in [1.29, 1.82) is 0 Å². The van der Waals surface area contributed by atoms with Crippen LogP contribution in [-0.2, 0) is 22.0 Å². The Morgan fingerprint density at radius 3 is 2.31 bits per heavy atom. The minimum absolute atomic E-state index is 0.0110. The number of fused-ring (bicyclic) bond motifs is 1. The molecule has 0 spiro atoms. The zero-order valence-corrected chi connectivity index (χ0v) is 21.6. The highest BCUT2D eigenvalue weighted by molar-refractivity contribution is 7.92. The number of rotatable bonds is 6. The Morgan fingerprint density at radius 1 is 0.971 bits per heavy atom. The van der Waals surface area contributed by atoms with Crippen molar-refractivity contribution in [2.24, 2.45) is 0 Å². The summed E-state index contributed by atoms with van der Waals surface area (Å²) >= 11 is 1.02. The largest absolute Gasteiger partial charge is 0.322 e. The first-order chi connectivity index (χ1) is 16.5. The van der Waals surface area contributed by atoms with Gasteiger partial charge in [-0.1, -0.05) is 50.3 Å². The van der Waals surface area contributed by atoms with Gasteiger partial charge in [-0.05, 0) is 66.4 Å². The van der Waals surface area contributed by atoms with E-state index in [0.29, 0.717) is 33.7 Å². The fourth-order valence-electron chi connectivity index (χ4n) is 3.71. The van der Waals surface area contributed by atoms with Crippen LogP contribution in [0, 0.1) is 0 Å². The number of carbonyl (C=O) groups excluding carboxylic acids is 1. The van der Waals surface area contributed by atoms with Gasteiger partial charge in [0.05, 0.1) is 20.8 Å². The zero-order chi connectivity index (χ0) is 25.4. The van der Waals surface area contributed by atoms with Crippen LogP contribution in [0.2, 0.25) is 0 Å². The summed E-state index contributed by atoms with van der Waals surface area (Å²) in [4.78, 5) is 24.7. The van der Waals surface area contributed by atoms with E-state index >= 15 is 0 Å². The molecule has 0 aliphatic heterocycles. The number of nitrogens with zero attached hydrogens (tertiary/aromatic N) is 1. The molecule has 7 nitrogen and oxygen atoms in total. The van der Waals surface area contributed by atoms with E-state index in [2.05, 4.69) is 30.8 Å². The Hall–Kier alpha value is -3.43. The number of aryl methyl sites for hydroxylation is 1. The van der Waals surface area contributed by atoms with Crippen molar-refractivity contribution in [3.63, 3.8) is 0 Å². The highest BCUT2D eigenvalue weighted by Gasteiger charge is 2.18. The summed E-state index contributed by atoms with van der Waals surface area (Å²) in [5.41, 5.74) is 3.11. The van der Waals surface area contributed by atoms with Gasteiger partial charge in [-0.15, -0.1) is 0 Å². The number of sulfonamides is 1. The van der Waals surface area contributed by atoms with Gasteiger partial charge in [-0.2, -0.15) is 0 Å². The third kappa shape index (κ3) is 5.31. The van der Waals surface area contributed by atoms with Crippen molar-refractivity contribution in [3.8, 4) is 0 Å². The second-order valence-electron chi connectivity index (χ2n) is 9.21. The molecule has 0 aliphatic rings. The van der Waals surface area contributed by atoms with Gasteiger partial charge >= 0.3 is 4.87 Å². The lowest BCUT2D eigenvalue weighted by Crippen LogP contribution is -2.15. The summed E-state index contributed by atoms with van der Waals surface area (Å²) in [5.74, 6) is -0.286. The van der Waals surface area contributed by atoms with Crippen LogP contribution in [0.15, 0.2) is 76.4 Å². The van der Waals surface area contributed by atoms with E-state index in [1.807, 2.05) is 19.1 Å². The van der Waals surface area contributed by atoms with Crippen LogP contribution in [0.3, 0.4) is 0 Å². The molecule has 1 heterocycles. The Labute approximate surface area is 208 Å². The number of nitrogens with one attached hydrogen (secondary N) is 2. The Balaban J connectivity index is 1.52. The maximum absolute atomic E-state index is 13.0. The molecule has 0 radical (unpaired) electrons. The molecule has 0 aliphatic carbocycles. The molecule has 2 N–H and O–H groups in total. The normalized spacial score (nSPS) is 12.0. The van der Waals surface area contributed by atoms with Gasteiger partial charge in [-0.3, -0.25) is 18.9 Å². The van der Waals surface area contributed by atoms with E-state index in [9.17, 15) is 18.0 Å². The standard InChI is InChI=1S/C26H27N3O4S2/c1-5-29-22-14-13-21(16-23(22)34-25(29)31)35(32,33)28-20-8-6-7-19(15-20)27-24(30)17-9-11-18(12-10-17)26(2,3)4/h6-16,28H,5H2,1-4H3,(H,27,30). The van der Waals surface area contributed by atoms with E-state index in [1.54, 1.807) is 47.0 Å². The van der Waals surface area contributed by atoms with Gasteiger partial charge in [0.25, 0.3) is 15.9 Å². The van der Waals surface area contributed by atoms with Gasteiger partial charge in [0.15, 0.2) is 0 Å². The molecule has 0 bridgehead atoms. The van der Waals surface area contributed by atoms with E-state index in [-0.39, 0.29) is 21.1 Å². The zero-order valence-electron chi connectivity index (χ0n) is 20.0. The Kier molecular flexibility index (Phi) is 6.57. The lowest BCUT2D eigenvalue weighted by molar-refractivity contribution is 0.102. The molecular formula is C26H27N3O4S2. The van der Waals surface area contributed by atoms with Crippen molar-refractivity contribution in [3.05, 3.63) is 87.5 Å². The lowest BCUT2D eigenvalue weighted by Gasteiger charge is -2.19. The first-order valence-electron chi connectivity index (χ1n) is 11.2. The summed E-state index contributed by atoms with van der Waals surface area (Å²) in [6.07, 6.45) is 0. The molecule has 1 amide bonds. The maximum Gasteiger partial charge on any atom is 0.308 e. The van der Waals surface area contributed by atoms with Gasteiger partial charge in [0.1, 0.15) is 0 Å². The fraction of sp³-hybridized carbons (Fsp3) is 0.231. The number of anilines is 2. The Morgan fingerprint density at radius 2 is 1.66 bits per heavy atom. The van der Waals surface area contributed by atoms with Gasteiger partial charge in [-0.25, -0.2) is 8.42 Å². The van der Waals surface area contributed by atoms with Crippen molar-refractivity contribution >= 4 is 48.9 Å². The molecule has 0 fully saturated rings. The van der Waals surface area contributed by atoms with Crippen molar-refractivity contribution in [2.75, 3.05) is 10.0 Å². The van der Waals surface area contributed by atoms with Crippen LogP contribution < -0.4 is 14.9 Å². The number of hydrogen-bond donors (Lipinski definition) is 2. The molecular weight excluding hydrogens is 482 g/mol. The molecule has 182 valence electrons. The molecule has 0 unspecified atom stereocenters. The first-order valence-corrected chi connectivity index (χ1v) is 13.5. The summed E-state index contributed by atoms with van der Waals surface area (Å²) in [6, 6.07) is 18.6. The molecule has 4 rings (SSSR count). The molecule has 0 atom stereocenters. The molecule has 1 aromatic heterocycles. The molecule has 4 aromatic rings. The average molecular weight is 510 g/mol. The third-order valence-corrected chi connectivity index (χ3v) is 7.97. The minimum atomic E-state index is -3.90. The predicted molar refractivity (Wildman–Crippen MR) is 142 cm³/mol. The fourth-order valence-corrected chi connectivity index (χ4v) is 5.86. The Bertz CT molecular complexity index is 1560. The smallest absolute Gasteiger partial charge is 0.308 e. The molecule has 9 heteroatoms. The van der Waals surface area contributed by atoms with Gasteiger partial charge < -0.3 is 5.32 Å². The number of benzene rings is 3. The maximum atomic E-state index is 13.0. The van der Waals surface area contributed by atoms with Crippen molar-refractivity contribution < 1.29 is 13.2 Å². The molecule has 0 saturated carbocycles. The summed E-state index contributed by atoms with van der Waals surface area (Å²) in [5, 5.41) is 2.81. The van der Waals surface area contributed by atoms with E-state index < -0.39 is 10.0 Å². The van der Waals surface area contributed by atoms with E-state index in [0.717, 1.165) is 16.9 Å². The third-order valence-electron chi connectivity index (χ3n) is 5.65. The van der Waals surface area contributed by atoms with Gasteiger partial charge in [0.2, 0.25) is 0 Å². The second-order valence-corrected chi connectivity index (χ2v) is 11.9. The molecule has 3 aromatic carbocycles. The van der Waals surface area contributed by atoms with Crippen LogP contribution in [-0.4, -0.2) is 18.9 Å². The van der Waals surface area contributed by atoms with Crippen molar-refractivity contribution in [1.82, 2.24) is 4.57 Å². The number of thiazole rings is 1. The minimum Gasteiger partial charge on any atom is -0.322 e. The number of aromatic nitrogens is 1. The lowest BCUT2D eigenvalue weighted by atomic mass is 9.87. The second kappa shape index (κ2) is 9.31. The van der Waals surface area contributed by atoms with Crippen LogP contribution in [0.5, 0.6) is 0 Å². The highest BCUT2D eigenvalue weighted by Crippen LogP contribution is 2.25. The quantitative estimate of drug-likeness (QED) is 0.362. The SMILES string of the molecule is CCn1c(=O)sc2cc(S(=O)(=O)Nc3cccc(NC(=O)c4ccc(C(C)(C)C)cc4)c3)ccc21. The van der Waals surface area contributed by atoms with Crippen LogP contribution in [0.4, 0.5) is 11.4 Å². The van der Waals surface area contributed by atoms with Crippen LogP contribution in [0.25, 0.3) is 10.2 Å². The molecule has 35 heavy (non-hydrogen) atoms. The highest BCUT2D eigenvalue weighted by atomic mass is 32.2. The van der Waals surface area contributed by atoms with Crippen molar-refractivity contribution in [2.45, 2.75) is 44.6 Å². The summed E-state index contributed by atoms with van der Waals surface area (Å²) in [6.45, 7) is 8.70. The summed E-state index contributed by atoms with van der Waals surface area (Å²) < 4.78 is 30.8. The predicted octanol–water partition coefficient (Wildman–Crippen LogP) is 5.43. The summed E-state index contributed by atoms with van der Waals surface area (Å²) in [7, 11) is -3.90. The topological polar surface area (TPSA) is 97.3 Å². The number of hydrogen-bond acceptors (Lipinski definition) is 5. The number of amides is 1.